The van der Waals surface area contributed by atoms with Gasteiger partial charge < -0.3 is 14.9 Å². The van der Waals surface area contributed by atoms with Crippen molar-refractivity contribution in [2.24, 2.45) is 0 Å². The third-order valence-corrected chi connectivity index (χ3v) is 6.21. The molecule has 2 aromatic carbocycles. The van der Waals surface area contributed by atoms with E-state index in [1.54, 1.807) is 18.2 Å². The highest BCUT2D eigenvalue weighted by Gasteiger charge is 2.46. The van der Waals surface area contributed by atoms with Gasteiger partial charge in [-0.2, -0.15) is 0 Å². The van der Waals surface area contributed by atoms with E-state index in [1.807, 2.05) is 13.8 Å². The summed E-state index contributed by atoms with van der Waals surface area (Å²) in [5.41, 5.74) is 0.736. The van der Waals surface area contributed by atoms with Crippen molar-refractivity contribution in [1.82, 2.24) is 9.80 Å². The van der Waals surface area contributed by atoms with Crippen LogP contribution in [0.15, 0.2) is 48.0 Å². The van der Waals surface area contributed by atoms with Crippen molar-refractivity contribution in [3.05, 3.63) is 75.0 Å². The van der Waals surface area contributed by atoms with E-state index in [-0.39, 0.29) is 28.5 Å². The van der Waals surface area contributed by atoms with Gasteiger partial charge in [0.1, 0.15) is 11.6 Å². The molecule has 0 saturated carbocycles. The number of Topliss-reactive ketones (excluding diaryl/α,β-unsaturated/α-hetero) is 1. The molecule has 0 bridgehead atoms. The molecule has 1 aliphatic rings. The fourth-order valence-electron chi connectivity index (χ4n) is 3.69. The van der Waals surface area contributed by atoms with Gasteiger partial charge in [0.2, 0.25) is 0 Å². The molecule has 31 heavy (non-hydrogen) atoms. The Balaban J connectivity index is 2.12. The topological polar surface area (TPSA) is 60.9 Å². The normalized spacial score (nSPS) is 18.3. The van der Waals surface area contributed by atoms with Crippen LogP contribution in [0.5, 0.6) is 0 Å². The molecule has 164 valence electrons. The number of hydrogen-bond acceptors (Lipinski definition) is 4. The van der Waals surface area contributed by atoms with E-state index in [9.17, 15) is 19.1 Å². The molecular weight excluding hydrogens is 442 g/mol. The summed E-state index contributed by atoms with van der Waals surface area (Å²) in [6, 6.07) is 9.09. The molecule has 1 N–H and O–H groups in total. The Morgan fingerprint density at radius 2 is 1.71 bits per heavy atom. The van der Waals surface area contributed by atoms with Crippen molar-refractivity contribution >= 4 is 40.7 Å². The van der Waals surface area contributed by atoms with E-state index in [2.05, 4.69) is 4.90 Å². The Hall–Kier alpha value is -2.41. The molecule has 5 nitrogen and oxygen atoms in total. The van der Waals surface area contributed by atoms with Crippen LogP contribution in [0.25, 0.3) is 5.76 Å². The summed E-state index contributed by atoms with van der Waals surface area (Å²) >= 11 is 12.2. The minimum Gasteiger partial charge on any atom is -0.507 e. The first-order valence-corrected chi connectivity index (χ1v) is 10.8. The molecule has 0 unspecified atom stereocenters. The molecule has 3 rings (SSSR count). The number of likely N-dealkylation sites (N-methyl/N-ethyl adjacent to an activating group) is 1. The largest absolute Gasteiger partial charge is 0.507 e. The Morgan fingerprint density at radius 3 is 2.29 bits per heavy atom. The van der Waals surface area contributed by atoms with Crippen LogP contribution in [0.1, 0.15) is 31.0 Å². The van der Waals surface area contributed by atoms with Gasteiger partial charge in [-0.05, 0) is 55.1 Å². The number of halogens is 3. The number of benzene rings is 2. The van der Waals surface area contributed by atoms with Crippen LogP contribution in [0.2, 0.25) is 10.0 Å². The first-order chi connectivity index (χ1) is 14.8. The first kappa shape index (κ1) is 23.3. The predicted molar refractivity (Wildman–Crippen MR) is 120 cm³/mol. The highest BCUT2D eigenvalue weighted by Crippen LogP contribution is 2.40. The lowest BCUT2D eigenvalue weighted by Gasteiger charge is -2.28. The zero-order valence-corrected chi connectivity index (χ0v) is 18.8. The quantitative estimate of drug-likeness (QED) is 0.359. The third-order valence-electron chi connectivity index (χ3n) is 5.47. The summed E-state index contributed by atoms with van der Waals surface area (Å²) in [5.74, 6) is -2.33. The number of carbonyl (C=O) groups is 2. The molecule has 2 aromatic rings. The molecular formula is C23H23Cl2FN2O3. The molecule has 0 spiro atoms. The number of nitrogens with zero attached hydrogens (tertiary/aromatic N) is 2. The van der Waals surface area contributed by atoms with Crippen molar-refractivity contribution in [2.75, 3.05) is 26.2 Å². The van der Waals surface area contributed by atoms with E-state index >= 15 is 0 Å². The van der Waals surface area contributed by atoms with E-state index in [0.717, 1.165) is 13.1 Å². The Morgan fingerprint density at radius 1 is 1.06 bits per heavy atom. The Bertz CT molecular complexity index is 1020. The maximum Gasteiger partial charge on any atom is 0.295 e. The number of carbonyl (C=O) groups excluding carboxylic acids is 2. The second-order valence-electron chi connectivity index (χ2n) is 7.20. The number of likely N-dealkylation sites (tertiary alicyclic amines) is 1. The zero-order chi connectivity index (χ0) is 22.7. The Kier molecular flexibility index (Phi) is 7.36. The van der Waals surface area contributed by atoms with Crippen molar-refractivity contribution < 1.29 is 19.1 Å². The molecule has 1 fully saturated rings. The number of aliphatic hydroxyl groups is 1. The van der Waals surface area contributed by atoms with Crippen LogP contribution >= 0.6 is 23.2 Å². The van der Waals surface area contributed by atoms with Gasteiger partial charge in [-0.15, -0.1) is 0 Å². The third kappa shape index (κ3) is 4.76. The highest BCUT2D eigenvalue weighted by molar-refractivity contribution is 6.46. The van der Waals surface area contributed by atoms with Gasteiger partial charge >= 0.3 is 0 Å². The van der Waals surface area contributed by atoms with Gasteiger partial charge in [-0.25, -0.2) is 4.39 Å². The lowest BCUT2D eigenvalue weighted by molar-refractivity contribution is -0.140. The number of ketones is 1. The molecule has 1 amide bonds. The standard InChI is InChI=1S/C23H23Cl2FN2O3/c1-3-27(4-2)11-12-28-20(15-7-10-17(24)18(25)13-15)19(22(30)23(28)31)21(29)14-5-8-16(26)9-6-14/h5-10,13,20,29H,3-4,11-12H2,1-2H3/b21-19+/t20-/m0/s1. The average Bonchev–Trinajstić information content (AvgIpc) is 3.01. The summed E-state index contributed by atoms with van der Waals surface area (Å²) in [7, 11) is 0. The Labute approximate surface area is 190 Å². The molecule has 1 saturated heterocycles. The van der Waals surface area contributed by atoms with Crippen LogP contribution in [0.3, 0.4) is 0 Å². The number of rotatable bonds is 7. The molecule has 0 aromatic heterocycles. The van der Waals surface area contributed by atoms with Crippen molar-refractivity contribution in [1.29, 1.82) is 0 Å². The lowest BCUT2D eigenvalue weighted by atomic mass is 9.95. The van der Waals surface area contributed by atoms with Crippen molar-refractivity contribution in [2.45, 2.75) is 19.9 Å². The van der Waals surface area contributed by atoms with Gasteiger partial charge in [-0.1, -0.05) is 43.1 Å². The SMILES string of the molecule is CCN(CC)CCN1C(=O)C(=O)/C(=C(/O)c2ccc(F)cc2)[C@@H]1c1ccc(Cl)c(Cl)c1. The maximum atomic E-state index is 13.3. The molecule has 0 radical (unpaired) electrons. The van der Waals surface area contributed by atoms with Crippen molar-refractivity contribution in [3.8, 4) is 0 Å². The van der Waals surface area contributed by atoms with Gasteiger partial charge in [0, 0.05) is 18.7 Å². The minimum absolute atomic E-state index is 0.0606. The summed E-state index contributed by atoms with van der Waals surface area (Å²) in [5, 5.41) is 11.5. The molecule has 1 aliphatic heterocycles. The van der Waals surface area contributed by atoms with Gasteiger partial charge in [0.05, 0.1) is 21.7 Å². The molecule has 1 heterocycles. The summed E-state index contributed by atoms with van der Waals surface area (Å²) in [4.78, 5) is 29.5. The van der Waals surface area contributed by atoms with Crippen LogP contribution in [0.4, 0.5) is 4.39 Å². The molecule has 1 atom stereocenters. The van der Waals surface area contributed by atoms with E-state index in [0.29, 0.717) is 17.1 Å². The number of hydrogen-bond donors (Lipinski definition) is 1. The van der Waals surface area contributed by atoms with Gasteiger partial charge in [0.25, 0.3) is 11.7 Å². The van der Waals surface area contributed by atoms with E-state index < -0.39 is 23.5 Å². The van der Waals surface area contributed by atoms with Crippen LogP contribution < -0.4 is 0 Å². The molecule has 8 heteroatoms. The monoisotopic (exact) mass is 464 g/mol. The van der Waals surface area contributed by atoms with Gasteiger partial charge in [0.15, 0.2) is 0 Å². The number of aliphatic hydroxyl groups excluding tert-OH is 1. The zero-order valence-electron chi connectivity index (χ0n) is 17.2. The fraction of sp³-hybridized carbons (Fsp3) is 0.304. The fourth-order valence-corrected chi connectivity index (χ4v) is 4.00. The number of amides is 1. The van der Waals surface area contributed by atoms with Crippen LogP contribution in [0, 0.1) is 5.82 Å². The van der Waals surface area contributed by atoms with E-state index in [4.69, 9.17) is 23.2 Å². The first-order valence-electron chi connectivity index (χ1n) is 10.00. The lowest BCUT2D eigenvalue weighted by Crippen LogP contribution is -2.38. The second kappa shape index (κ2) is 9.81. The predicted octanol–water partition coefficient (Wildman–Crippen LogP) is 4.90. The second-order valence-corrected chi connectivity index (χ2v) is 8.01. The van der Waals surface area contributed by atoms with Crippen LogP contribution in [-0.2, 0) is 9.59 Å². The summed E-state index contributed by atoms with van der Waals surface area (Å²) in [6.45, 7) is 6.48. The van der Waals surface area contributed by atoms with Gasteiger partial charge in [-0.3, -0.25) is 9.59 Å². The van der Waals surface area contributed by atoms with Crippen molar-refractivity contribution in [3.63, 3.8) is 0 Å². The van der Waals surface area contributed by atoms with Crippen LogP contribution in [-0.4, -0.2) is 52.8 Å². The summed E-state index contributed by atoms with van der Waals surface area (Å²) < 4.78 is 13.3. The minimum atomic E-state index is -0.838. The average molecular weight is 465 g/mol. The molecule has 0 aliphatic carbocycles. The smallest absolute Gasteiger partial charge is 0.295 e. The maximum absolute atomic E-state index is 13.3. The highest BCUT2D eigenvalue weighted by atomic mass is 35.5. The summed E-state index contributed by atoms with van der Waals surface area (Å²) in [6.07, 6.45) is 0. The van der Waals surface area contributed by atoms with E-state index in [1.165, 1.54) is 29.2 Å².